The molecule has 106 valence electrons. The molecule has 1 amide bonds. The van der Waals surface area contributed by atoms with Crippen LogP contribution < -0.4 is 0 Å². The molecular weight excluding hydrogens is 260 g/mol. The largest absolute Gasteiger partial charge is 0.438 e. The first-order valence-corrected chi connectivity index (χ1v) is 6.42. The molecule has 2 aromatic rings. The van der Waals surface area contributed by atoms with Gasteiger partial charge in [0.1, 0.15) is 0 Å². The summed E-state index contributed by atoms with van der Waals surface area (Å²) in [5.41, 5.74) is 1.58. The number of oxazole rings is 1. The maximum atomic E-state index is 12.5. The number of hydrogen-bond donors (Lipinski definition) is 0. The molecule has 0 spiro atoms. The number of fused-ring (bicyclic) bond motifs is 1. The molecule has 3 heterocycles. The highest BCUT2D eigenvalue weighted by atomic mass is 16.5. The zero-order valence-electron chi connectivity index (χ0n) is 11.4. The van der Waals surface area contributed by atoms with Crippen LogP contribution in [-0.2, 0) is 17.8 Å². The number of carbonyl (C=O) groups is 1. The zero-order valence-corrected chi connectivity index (χ0v) is 11.4. The van der Waals surface area contributed by atoms with Gasteiger partial charge >= 0.3 is 0 Å². The first-order valence-electron chi connectivity index (χ1n) is 6.42. The van der Waals surface area contributed by atoms with Crippen molar-refractivity contribution < 1.29 is 13.9 Å². The van der Waals surface area contributed by atoms with E-state index in [4.69, 9.17) is 9.15 Å². The Bertz CT molecular complexity index is 619. The number of nitrogens with zero attached hydrogens (tertiary/aromatic N) is 4. The van der Waals surface area contributed by atoms with Gasteiger partial charge in [0.2, 0.25) is 5.76 Å². The normalized spacial score (nSPS) is 18.7. The molecule has 0 aliphatic carbocycles. The molecule has 7 heteroatoms. The summed E-state index contributed by atoms with van der Waals surface area (Å²) in [6.07, 6.45) is 2.93. The monoisotopic (exact) mass is 276 g/mol. The minimum Gasteiger partial charge on any atom is -0.438 e. The van der Waals surface area contributed by atoms with Crippen molar-refractivity contribution in [2.75, 3.05) is 13.7 Å². The van der Waals surface area contributed by atoms with Crippen molar-refractivity contribution in [1.82, 2.24) is 19.7 Å². The van der Waals surface area contributed by atoms with Gasteiger partial charge in [-0.3, -0.25) is 9.48 Å². The molecule has 20 heavy (non-hydrogen) atoms. The number of ether oxygens (including phenoxy) is 1. The number of rotatable bonds is 2. The molecule has 0 bridgehead atoms. The van der Waals surface area contributed by atoms with Crippen LogP contribution in [0.3, 0.4) is 0 Å². The molecule has 0 N–H and O–H groups in total. The molecule has 2 aromatic heterocycles. The molecule has 3 rings (SSSR count). The van der Waals surface area contributed by atoms with Crippen molar-refractivity contribution in [1.29, 1.82) is 0 Å². The van der Waals surface area contributed by atoms with Crippen LogP contribution in [0.4, 0.5) is 0 Å². The van der Waals surface area contributed by atoms with Crippen LogP contribution in [0.5, 0.6) is 0 Å². The lowest BCUT2D eigenvalue weighted by atomic mass is 10.2. The highest BCUT2D eigenvalue weighted by molar-refractivity contribution is 5.92. The summed E-state index contributed by atoms with van der Waals surface area (Å²) in [5, 5.41) is 4.25. The zero-order chi connectivity index (χ0) is 14.1. The fourth-order valence-electron chi connectivity index (χ4n) is 2.37. The van der Waals surface area contributed by atoms with E-state index < -0.39 is 0 Å². The van der Waals surface area contributed by atoms with Gasteiger partial charge in [-0.15, -0.1) is 0 Å². The van der Waals surface area contributed by atoms with Gasteiger partial charge in [0.25, 0.3) is 5.91 Å². The Kier molecular flexibility index (Phi) is 3.27. The second-order valence-corrected chi connectivity index (χ2v) is 4.81. The number of aromatic nitrogens is 3. The number of hydrogen-bond acceptors (Lipinski definition) is 5. The predicted molar refractivity (Wildman–Crippen MR) is 69.0 cm³/mol. The van der Waals surface area contributed by atoms with Crippen molar-refractivity contribution in [3.63, 3.8) is 0 Å². The Balaban J connectivity index is 1.89. The van der Waals surface area contributed by atoms with Crippen molar-refractivity contribution in [3.05, 3.63) is 35.8 Å². The fourth-order valence-corrected chi connectivity index (χ4v) is 2.37. The second-order valence-electron chi connectivity index (χ2n) is 4.81. The van der Waals surface area contributed by atoms with Gasteiger partial charge in [0.15, 0.2) is 6.39 Å². The first-order chi connectivity index (χ1) is 9.69. The third kappa shape index (κ3) is 2.20. The predicted octanol–water partition coefficient (Wildman–Crippen LogP) is 0.851. The highest BCUT2D eigenvalue weighted by Gasteiger charge is 2.28. The number of aryl methyl sites for hydroxylation is 1. The molecule has 0 saturated heterocycles. The fraction of sp³-hybridized carbons (Fsp3) is 0.462. The molecule has 1 atom stereocenters. The van der Waals surface area contributed by atoms with Crippen molar-refractivity contribution in [3.8, 4) is 0 Å². The summed E-state index contributed by atoms with van der Waals surface area (Å²) in [6.45, 7) is 3.38. The summed E-state index contributed by atoms with van der Waals surface area (Å²) in [5.74, 6) is 0.115. The lowest BCUT2D eigenvalue weighted by Gasteiger charge is -2.22. The number of carbonyl (C=O) groups excluding carboxylic acids is 1. The van der Waals surface area contributed by atoms with E-state index in [1.807, 2.05) is 10.7 Å². The van der Waals surface area contributed by atoms with Gasteiger partial charge < -0.3 is 14.1 Å². The SMILES string of the molecule is CO[C@H]1CN(C(=O)c2ocnc2C)Cc2ccnn2C1. The maximum Gasteiger partial charge on any atom is 0.292 e. The molecular formula is C13H16N4O3. The summed E-state index contributed by atoms with van der Waals surface area (Å²) in [4.78, 5) is 18.2. The topological polar surface area (TPSA) is 73.4 Å². The molecule has 1 aliphatic heterocycles. The quantitative estimate of drug-likeness (QED) is 0.813. The smallest absolute Gasteiger partial charge is 0.292 e. The number of amides is 1. The van der Waals surface area contributed by atoms with Crippen molar-refractivity contribution >= 4 is 5.91 Å². The molecule has 7 nitrogen and oxygen atoms in total. The molecule has 0 saturated carbocycles. The van der Waals surface area contributed by atoms with E-state index in [0.717, 1.165) is 5.69 Å². The van der Waals surface area contributed by atoms with Gasteiger partial charge in [-0.05, 0) is 13.0 Å². The van der Waals surface area contributed by atoms with Crippen LogP contribution in [0, 0.1) is 6.92 Å². The summed E-state index contributed by atoms with van der Waals surface area (Å²) in [6, 6.07) is 1.91. The minimum atomic E-state index is -0.170. The third-order valence-corrected chi connectivity index (χ3v) is 3.52. The summed E-state index contributed by atoms with van der Waals surface area (Å²) >= 11 is 0. The Hall–Kier alpha value is -2.15. The van der Waals surface area contributed by atoms with Crippen molar-refractivity contribution in [2.45, 2.75) is 26.1 Å². The van der Waals surface area contributed by atoms with Gasteiger partial charge in [-0.25, -0.2) is 4.98 Å². The standard InChI is InChI=1S/C13H16N4O3/c1-9-12(20-8-14-9)13(18)16-5-10-3-4-15-17(10)7-11(6-16)19-2/h3-4,8,11H,5-7H2,1-2H3/t11-/m0/s1. The van der Waals surface area contributed by atoms with Crippen LogP contribution >= 0.6 is 0 Å². The number of methoxy groups -OCH3 is 1. The minimum absolute atomic E-state index is 0.0941. The lowest BCUT2D eigenvalue weighted by molar-refractivity contribution is 0.0430. The Morgan fingerprint density at radius 2 is 2.35 bits per heavy atom. The van der Waals surface area contributed by atoms with E-state index in [-0.39, 0.29) is 17.8 Å². The van der Waals surface area contributed by atoms with Gasteiger partial charge in [-0.2, -0.15) is 5.10 Å². The average Bonchev–Trinajstić information content (AvgIpc) is 3.02. The Morgan fingerprint density at radius 1 is 1.50 bits per heavy atom. The first kappa shape index (κ1) is 12.9. The van der Waals surface area contributed by atoms with E-state index in [1.165, 1.54) is 6.39 Å². The Labute approximate surface area is 116 Å². The Morgan fingerprint density at radius 3 is 3.05 bits per heavy atom. The van der Waals surface area contributed by atoms with Crippen LogP contribution in [0.1, 0.15) is 21.9 Å². The van der Waals surface area contributed by atoms with E-state index in [0.29, 0.717) is 25.3 Å². The third-order valence-electron chi connectivity index (χ3n) is 3.52. The molecule has 0 fully saturated rings. The second kappa shape index (κ2) is 5.09. The lowest BCUT2D eigenvalue weighted by Crippen LogP contribution is -2.37. The molecule has 0 radical (unpaired) electrons. The van der Waals surface area contributed by atoms with E-state index in [1.54, 1.807) is 25.1 Å². The molecule has 1 aliphatic rings. The van der Waals surface area contributed by atoms with Crippen LogP contribution in [-0.4, -0.2) is 45.3 Å². The van der Waals surface area contributed by atoms with Gasteiger partial charge in [-0.1, -0.05) is 0 Å². The van der Waals surface area contributed by atoms with Gasteiger partial charge in [0, 0.05) is 19.9 Å². The summed E-state index contributed by atoms with van der Waals surface area (Å²) < 4.78 is 12.5. The molecule has 0 unspecified atom stereocenters. The van der Waals surface area contributed by atoms with E-state index in [2.05, 4.69) is 10.1 Å². The highest BCUT2D eigenvalue weighted by Crippen LogP contribution is 2.17. The van der Waals surface area contributed by atoms with E-state index in [9.17, 15) is 4.79 Å². The van der Waals surface area contributed by atoms with Crippen LogP contribution in [0.25, 0.3) is 0 Å². The van der Waals surface area contributed by atoms with Gasteiger partial charge in [0.05, 0.1) is 30.6 Å². The maximum absolute atomic E-state index is 12.5. The summed E-state index contributed by atoms with van der Waals surface area (Å²) in [7, 11) is 1.64. The van der Waals surface area contributed by atoms with Crippen LogP contribution in [0.15, 0.2) is 23.1 Å². The molecule has 0 aromatic carbocycles. The average molecular weight is 276 g/mol. The van der Waals surface area contributed by atoms with Crippen molar-refractivity contribution in [2.24, 2.45) is 0 Å². The van der Waals surface area contributed by atoms with E-state index >= 15 is 0 Å². The van der Waals surface area contributed by atoms with Crippen LogP contribution in [0.2, 0.25) is 0 Å².